The van der Waals surface area contributed by atoms with E-state index in [0.29, 0.717) is 19.1 Å². The zero-order valence-corrected chi connectivity index (χ0v) is 12.7. The van der Waals surface area contributed by atoms with Crippen molar-refractivity contribution in [3.63, 3.8) is 0 Å². The zero-order valence-electron chi connectivity index (χ0n) is 12.7. The molecule has 0 atom stereocenters. The Morgan fingerprint density at radius 2 is 2.05 bits per heavy atom. The average Bonchev–Trinajstić information content (AvgIpc) is 2.43. The molecule has 112 valence electrons. The van der Waals surface area contributed by atoms with E-state index in [4.69, 9.17) is 4.74 Å². The zero-order chi connectivity index (χ0) is 14.8. The van der Waals surface area contributed by atoms with Crippen molar-refractivity contribution in [1.82, 2.24) is 5.32 Å². The minimum atomic E-state index is 0.0344. The number of hydrogen-bond acceptors (Lipinski definition) is 3. The van der Waals surface area contributed by atoms with Crippen molar-refractivity contribution in [2.24, 2.45) is 5.92 Å². The van der Waals surface area contributed by atoms with E-state index in [2.05, 4.69) is 30.5 Å². The molecule has 4 nitrogen and oxygen atoms in total. The van der Waals surface area contributed by atoms with Crippen LogP contribution in [0.5, 0.6) is 0 Å². The highest BCUT2D eigenvalue weighted by Crippen LogP contribution is 2.15. The summed E-state index contributed by atoms with van der Waals surface area (Å²) in [7, 11) is 1.69. The van der Waals surface area contributed by atoms with Crippen LogP contribution in [-0.4, -0.2) is 32.7 Å². The Balaban J connectivity index is 2.38. The highest BCUT2D eigenvalue weighted by Gasteiger charge is 2.04. The number of methoxy groups -OCH3 is 1. The number of amides is 1. The maximum absolute atomic E-state index is 11.7. The van der Waals surface area contributed by atoms with Crippen molar-refractivity contribution in [2.45, 2.75) is 26.7 Å². The summed E-state index contributed by atoms with van der Waals surface area (Å²) < 4.78 is 5.09. The van der Waals surface area contributed by atoms with Gasteiger partial charge in [0.25, 0.3) is 0 Å². The third kappa shape index (κ3) is 6.57. The second kappa shape index (κ2) is 9.37. The predicted molar refractivity (Wildman–Crippen MR) is 83.0 cm³/mol. The quantitative estimate of drug-likeness (QED) is 0.729. The number of anilines is 1. The minimum absolute atomic E-state index is 0.0344. The molecule has 20 heavy (non-hydrogen) atoms. The van der Waals surface area contributed by atoms with Gasteiger partial charge in [-0.1, -0.05) is 32.0 Å². The third-order valence-electron chi connectivity index (χ3n) is 3.08. The summed E-state index contributed by atoms with van der Waals surface area (Å²) in [6, 6.07) is 8.01. The van der Waals surface area contributed by atoms with Gasteiger partial charge >= 0.3 is 0 Å². The smallest absolute Gasteiger partial charge is 0.239 e. The molecule has 0 bridgehead atoms. The Hall–Kier alpha value is -1.55. The van der Waals surface area contributed by atoms with E-state index in [0.717, 1.165) is 25.1 Å². The Kier molecular flexibility index (Phi) is 7.73. The van der Waals surface area contributed by atoms with E-state index in [-0.39, 0.29) is 5.91 Å². The number of para-hydroxylation sites is 1. The number of hydrogen-bond donors (Lipinski definition) is 2. The van der Waals surface area contributed by atoms with Crippen LogP contribution in [0, 0.1) is 5.92 Å². The maximum Gasteiger partial charge on any atom is 0.239 e. The third-order valence-corrected chi connectivity index (χ3v) is 3.08. The predicted octanol–water partition coefficient (Wildman–Crippen LogP) is 2.45. The summed E-state index contributed by atoms with van der Waals surface area (Å²) in [6.45, 7) is 6.03. The molecule has 0 fully saturated rings. The Bertz CT molecular complexity index is 405. The molecule has 0 heterocycles. The molecular weight excluding hydrogens is 252 g/mol. The fourth-order valence-corrected chi connectivity index (χ4v) is 1.86. The number of rotatable bonds is 9. The van der Waals surface area contributed by atoms with Crippen LogP contribution in [-0.2, 0) is 16.0 Å². The molecule has 1 aromatic rings. The second-order valence-electron chi connectivity index (χ2n) is 5.29. The lowest BCUT2D eigenvalue weighted by atomic mass is 10.1. The summed E-state index contributed by atoms with van der Waals surface area (Å²) in [5, 5.41) is 6.11. The van der Waals surface area contributed by atoms with Crippen molar-refractivity contribution in [1.29, 1.82) is 0 Å². The van der Waals surface area contributed by atoms with E-state index >= 15 is 0 Å². The summed E-state index contributed by atoms with van der Waals surface area (Å²) >= 11 is 0. The molecule has 0 unspecified atom stereocenters. The van der Waals surface area contributed by atoms with Crippen LogP contribution < -0.4 is 10.6 Å². The summed E-state index contributed by atoms with van der Waals surface area (Å²) in [6.07, 6.45) is 1.85. The molecule has 0 aliphatic rings. The first-order chi connectivity index (χ1) is 9.63. The van der Waals surface area contributed by atoms with Crippen LogP contribution in [0.4, 0.5) is 5.69 Å². The summed E-state index contributed by atoms with van der Waals surface area (Å²) in [5.74, 6) is 0.644. The van der Waals surface area contributed by atoms with Gasteiger partial charge in [0.2, 0.25) is 5.91 Å². The van der Waals surface area contributed by atoms with Crippen LogP contribution in [0.2, 0.25) is 0 Å². The number of benzene rings is 1. The summed E-state index contributed by atoms with van der Waals surface area (Å²) in [4.78, 5) is 11.7. The van der Waals surface area contributed by atoms with Crippen molar-refractivity contribution < 1.29 is 9.53 Å². The molecule has 1 rings (SSSR count). The van der Waals surface area contributed by atoms with E-state index in [1.54, 1.807) is 7.11 Å². The highest BCUT2D eigenvalue weighted by molar-refractivity contribution is 5.80. The molecule has 0 aromatic heterocycles. The Morgan fingerprint density at radius 3 is 2.75 bits per heavy atom. The lowest BCUT2D eigenvalue weighted by Gasteiger charge is -2.12. The van der Waals surface area contributed by atoms with E-state index in [1.807, 2.05) is 18.2 Å². The topological polar surface area (TPSA) is 50.4 Å². The molecule has 0 aliphatic carbocycles. The molecular formula is C16H26N2O2. The van der Waals surface area contributed by atoms with Crippen molar-refractivity contribution in [2.75, 3.05) is 32.1 Å². The number of ether oxygens (including phenoxy) is 1. The molecule has 1 amide bonds. The van der Waals surface area contributed by atoms with E-state index in [1.165, 1.54) is 5.56 Å². The summed E-state index contributed by atoms with van der Waals surface area (Å²) in [5.41, 5.74) is 2.17. The van der Waals surface area contributed by atoms with Gasteiger partial charge < -0.3 is 15.4 Å². The van der Waals surface area contributed by atoms with Gasteiger partial charge in [0, 0.05) is 19.3 Å². The monoisotopic (exact) mass is 278 g/mol. The van der Waals surface area contributed by atoms with Gasteiger partial charge in [-0.25, -0.2) is 0 Å². The normalized spacial score (nSPS) is 10.6. The van der Waals surface area contributed by atoms with Gasteiger partial charge in [-0.05, 0) is 30.4 Å². The van der Waals surface area contributed by atoms with Crippen molar-refractivity contribution in [3.8, 4) is 0 Å². The number of nitrogens with one attached hydrogen (secondary N) is 2. The molecule has 2 N–H and O–H groups in total. The van der Waals surface area contributed by atoms with Gasteiger partial charge in [0.15, 0.2) is 0 Å². The number of carbonyl (C=O) groups is 1. The average molecular weight is 278 g/mol. The molecule has 0 aliphatic heterocycles. The molecule has 0 saturated heterocycles. The molecule has 0 radical (unpaired) electrons. The van der Waals surface area contributed by atoms with Gasteiger partial charge in [-0.2, -0.15) is 0 Å². The standard InChI is InChI=1S/C16H26N2O2/c1-13(2)8-10-17-16(19)12-18-15-7-5-4-6-14(15)9-11-20-3/h4-7,13,18H,8-12H2,1-3H3,(H,17,19). The Labute approximate surface area is 121 Å². The van der Waals surface area contributed by atoms with Crippen LogP contribution in [0.1, 0.15) is 25.8 Å². The Morgan fingerprint density at radius 1 is 1.30 bits per heavy atom. The highest BCUT2D eigenvalue weighted by atomic mass is 16.5. The molecule has 1 aromatic carbocycles. The van der Waals surface area contributed by atoms with Crippen molar-refractivity contribution in [3.05, 3.63) is 29.8 Å². The fraction of sp³-hybridized carbons (Fsp3) is 0.562. The molecule has 0 spiro atoms. The maximum atomic E-state index is 11.7. The van der Waals surface area contributed by atoms with Gasteiger partial charge in [-0.15, -0.1) is 0 Å². The largest absolute Gasteiger partial charge is 0.384 e. The van der Waals surface area contributed by atoms with E-state index in [9.17, 15) is 4.79 Å². The van der Waals surface area contributed by atoms with Crippen molar-refractivity contribution >= 4 is 11.6 Å². The molecule has 4 heteroatoms. The van der Waals surface area contributed by atoms with Gasteiger partial charge in [0.1, 0.15) is 0 Å². The second-order valence-corrected chi connectivity index (χ2v) is 5.29. The van der Waals surface area contributed by atoms with Gasteiger partial charge in [-0.3, -0.25) is 4.79 Å². The lowest BCUT2D eigenvalue weighted by molar-refractivity contribution is -0.119. The van der Waals surface area contributed by atoms with Gasteiger partial charge in [0.05, 0.1) is 13.2 Å². The number of carbonyl (C=O) groups excluding carboxylic acids is 1. The van der Waals surface area contributed by atoms with Crippen LogP contribution in [0.25, 0.3) is 0 Å². The van der Waals surface area contributed by atoms with Crippen LogP contribution >= 0.6 is 0 Å². The first-order valence-corrected chi connectivity index (χ1v) is 7.21. The van der Waals surface area contributed by atoms with E-state index < -0.39 is 0 Å². The first-order valence-electron chi connectivity index (χ1n) is 7.21. The van der Waals surface area contributed by atoms with Crippen LogP contribution in [0.15, 0.2) is 24.3 Å². The first kappa shape index (κ1) is 16.5. The fourth-order valence-electron chi connectivity index (χ4n) is 1.86. The lowest BCUT2D eigenvalue weighted by Crippen LogP contribution is -2.31. The van der Waals surface area contributed by atoms with Crippen LogP contribution in [0.3, 0.4) is 0 Å². The SMILES string of the molecule is COCCc1ccccc1NCC(=O)NCCC(C)C. The molecule has 0 saturated carbocycles. The minimum Gasteiger partial charge on any atom is -0.384 e.